The quantitative estimate of drug-likeness (QED) is 0.934. The summed E-state index contributed by atoms with van der Waals surface area (Å²) in [6, 6.07) is 9.98. The van der Waals surface area contributed by atoms with Crippen LogP contribution >= 0.6 is 0 Å². The minimum Gasteiger partial charge on any atom is -0.313 e. The molecule has 1 atom stereocenters. The van der Waals surface area contributed by atoms with Gasteiger partial charge in [-0.2, -0.15) is 0 Å². The van der Waals surface area contributed by atoms with Crippen LogP contribution in [-0.4, -0.2) is 16.6 Å². The Morgan fingerprint density at radius 2 is 2.24 bits per heavy atom. The Kier molecular flexibility index (Phi) is 4.15. The topological polar surface area (TPSA) is 46.9 Å². The van der Waals surface area contributed by atoms with Crippen molar-refractivity contribution in [2.45, 2.75) is 38.3 Å². The maximum absolute atomic E-state index is 12.2. The number of hydrogen-bond donors (Lipinski definition) is 1. The van der Waals surface area contributed by atoms with Gasteiger partial charge in [0.2, 0.25) is 0 Å². The third-order valence-electron chi connectivity index (χ3n) is 4.28. The zero-order valence-corrected chi connectivity index (χ0v) is 12.4. The molecule has 0 aromatic carbocycles. The number of hydrogen-bond acceptors (Lipinski definition) is 3. The van der Waals surface area contributed by atoms with E-state index in [2.05, 4.69) is 10.3 Å². The van der Waals surface area contributed by atoms with E-state index in [0.29, 0.717) is 12.6 Å². The lowest BCUT2D eigenvalue weighted by Gasteiger charge is -2.27. The Hall–Kier alpha value is -1.94. The molecule has 0 fully saturated rings. The number of nitrogens with zero attached hydrogens (tertiary/aromatic N) is 2. The first-order valence-corrected chi connectivity index (χ1v) is 7.59. The summed E-state index contributed by atoms with van der Waals surface area (Å²) in [5, 5.41) is 3.35. The van der Waals surface area contributed by atoms with E-state index in [1.165, 1.54) is 11.3 Å². The summed E-state index contributed by atoms with van der Waals surface area (Å²) in [4.78, 5) is 16.6. The average Bonchev–Trinajstić information content (AvgIpc) is 2.54. The molecule has 4 nitrogen and oxygen atoms in total. The van der Waals surface area contributed by atoms with E-state index in [4.69, 9.17) is 0 Å². The molecule has 3 rings (SSSR count). The van der Waals surface area contributed by atoms with E-state index >= 15 is 0 Å². The first kappa shape index (κ1) is 14.0. The summed E-state index contributed by atoms with van der Waals surface area (Å²) in [5.41, 5.74) is 3.61. The predicted molar refractivity (Wildman–Crippen MR) is 83.4 cm³/mol. The molecular formula is C17H21N3O. The number of pyridine rings is 2. The van der Waals surface area contributed by atoms with E-state index in [9.17, 15) is 4.79 Å². The molecule has 0 radical (unpaired) electrons. The number of aryl methyl sites for hydroxylation is 1. The van der Waals surface area contributed by atoms with Crippen molar-refractivity contribution in [2.24, 2.45) is 0 Å². The maximum atomic E-state index is 12.2. The Bertz CT molecular complexity index is 663. The lowest BCUT2D eigenvalue weighted by atomic mass is 9.91. The first-order chi connectivity index (χ1) is 10.3. The molecule has 0 bridgehead atoms. The van der Waals surface area contributed by atoms with Gasteiger partial charge in [-0.3, -0.25) is 9.78 Å². The predicted octanol–water partition coefficient (Wildman–Crippen LogP) is 2.08. The van der Waals surface area contributed by atoms with Gasteiger partial charge in [-0.15, -0.1) is 0 Å². The van der Waals surface area contributed by atoms with E-state index in [1.54, 1.807) is 12.3 Å². The number of fused-ring (bicyclic) bond motifs is 1. The van der Waals surface area contributed by atoms with Crippen molar-refractivity contribution in [3.05, 3.63) is 63.8 Å². The van der Waals surface area contributed by atoms with Gasteiger partial charge in [0.1, 0.15) is 0 Å². The van der Waals surface area contributed by atoms with Crippen molar-refractivity contribution in [3.8, 4) is 0 Å². The summed E-state index contributed by atoms with van der Waals surface area (Å²) >= 11 is 0. The third kappa shape index (κ3) is 2.90. The van der Waals surface area contributed by atoms with E-state index in [-0.39, 0.29) is 5.56 Å². The van der Waals surface area contributed by atoms with Crippen molar-refractivity contribution >= 4 is 0 Å². The van der Waals surface area contributed by atoms with Crippen molar-refractivity contribution in [1.29, 1.82) is 0 Å². The minimum atomic E-state index is 0.0986. The highest BCUT2D eigenvalue weighted by atomic mass is 16.1. The number of nitrogens with one attached hydrogen (secondary N) is 1. The van der Waals surface area contributed by atoms with Gasteiger partial charge in [-0.05, 0) is 44.0 Å². The highest BCUT2D eigenvalue weighted by molar-refractivity contribution is 5.27. The number of aromatic nitrogens is 2. The molecule has 0 spiro atoms. The van der Waals surface area contributed by atoms with Gasteiger partial charge in [-0.1, -0.05) is 12.1 Å². The molecule has 0 aliphatic heterocycles. The summed E-state index contributed by atoms with van der Waals surface area (Å²) in [6.45, 7) is 0.704. The second kappa shape index (κ2) is 6.22. The molecule has 2 aromatic heterocycles. The van der Waals surface area contributed by atoms with Crippen LogP contribution in [0.15, 0.2) is 41.3 Å². The van der Waals surface area contributed by atoms with Crippen LogP contribution in [-0.2, 0) is 19.4 Å². The fourth-order valence-electron chi connectivity index (χ4n) is 3.18. The van der Waals surface area contributed by atoms with Crippen LogP contribution in [0.25, 0.3) is 0 Å². The van der Waals surface area contributed by atoms with Gasteiger partial charge in [0.25, 0.3) is 5.56 Å². The van der Waals surface area contributed by atoms with E-state index < -0.39 is 0 Å². The standard InChI is InChI=1S/C17H21N3O/c1-18-15-6-4-7-16-14(15)8-9-17(21)20(16)12-10-13-5-2-3-11-19-13/h2-3,5,8-9,11,15,18H,4,6-7,10,12H2,1H3. The molecule has 1 N–H and O–H groups in total. The van der Waals surface area contributed by atoms with Crippen LogP contribution in [0.1, 0.15) is 35.8 Å². The normalized spacial score (nSPS) is 17.5. The Morgan fingerprint density at radius 1 is 1.33 bits per heavy atom. The van der Waals surface area contributed by atoms with Gasteiger partial charge in [0.05, 0.1) is 0 Å². The fourth-order valence-corrected chi connectivity index (χ4v) is 3.18. The highest BCUT2D eigenvalue weighted by Gasteiger charge is 2.21. The van der Waals surface area contributed by atoms with E-state index in [0.717, 1.165) is 31.4 Å². The molecule has 4 heteroatoms. The molecule has 1 aliphatic carbocycles. The van der Waals surface area contributed by atoms with Gasteiger partial charge < -0.3 is 9.88 Å². The maximum Gasteiger partial charge on any atom is 0.250 e. The molecular weight excluding hydrogens is 262 g/mol. The van der Waals surface area contributed by atoms with Crippen molar-refractivity contribution in [2.75, 3.05) is 7.05 Å². The molecule has 0 amide bonds. The second-order valence-corrected chi connectivity index (χ2v) is 5.53. The molecule has 2 heterocycles. The van der Waals surface area contributed by atoms with Crippen molar-refractivity contribution in [3.63, 3.8) is 0 Å². The van der Waals surface area contributed by atoms with Gasteiger partial charge in [0, 0.05) is 42.7 Å². The fraction of sp³-hybridized carbons (Fsp3) is 0.412. The van der Waals surface area contributed by atoms with Gasteiger partial charge >= 0.3 is 0 Å². The van der Waals surface area contributed by atoms with E-state index in [1.807, 2.05) is 35.9 Å². The smallest absolute Gasteiger partial charge is 0.250 e. The Balaban J connectivity index is 1.89. The Labute approximate surface area is 124 Å². The van der Waals surface area contributed by atoms with Crippen LogP contribution in [0.4, 0.5) is 0 Å². The summed E-state index contributed by atoms with van der Waals surface area (Å²) in [6.07, 6.45) is 5.86. The highest BCUT2D eigenvalue weighted by Crippen LogP contribution is 2.28. The minimum absolute atomic E-state index is 0.0986. The largest absolute Gasteiger partial charge is 0.313 e. The number of rotatable bonds is 4. The van der Waals surface area contributed by atoms with Crippen LogP contribution in [0, 0.1) is 0 Å². The summed E-state index contributed by atoms with van der Waals surface area (Å²) in [7, 11) is 1.99. The van der Waals surface area contributed by atoms with Crippen LogP contribution in [0.3, 0.4) is 0 Å². The zero-order chi connectivity index (χ0) is 14.7. The molecule has 1 unspecified atom stereocenters. The summed E-state index contributed by atoms with van der Waals surface area (Å²) in [5.74, 6) is 0. The lowest BCUT2D eigenvalue weighted by molar-refractivity contribution is 0.467. The third-order valence-corrected chi connectivity index (χ3v) is 4.28. The molecule has 0 saturated carbocycles. The first-order valence-electron chi connectivity index (χ1n) is 7.59. The van der Waals surface area contributed by atoms with Crippen molar-refractivity contribution < 1.29 is 0 Å². The average molecular weight is 283 g/mol. The molecule has 0 saturated heterocycles. The van der Waals surface area contributed by atoms with Gasteiger partial charge in [-0.25, -0.2) is 0 Å². The lowest BCUT2D eigenvalue weighted by Crippen LogP contribution is -2.31. The van der Waals surface area contributed by atoms with Crippen LogP contribution in [0.5, 0.6) is 0 Å². The monoisotopic (exact) mass is 283 g/mol. The molecule has 2 aromatic rings. The molecule has 21 heavy (non-hydrogen) atoms. The van der Waals surface area contributed by atoms with Crippen molar-refractivity contribution in [1.82, 2.24) is 14.9 Å². The SMILES string of the molecule is CNC1CCCc2c1ccc(=O)n2CCc1ccccn1. The zero-order valence-electron chi connectivity index (χ0n) is 12.4. The Morgan fingerprint density at radius 3 is 3.00 bits per heavy atom. The summed E-state index contributed by atoms with van der Waals surface area (Å²) < 4.78 is 1.94. The van der Waals surface area contributed by atoms with Crippen LogP contribution < -0.4 is 10.9 Å². The molecule has 110 valence electrons. The second-order valence-electron chi connectivity index (χ2n) is 5.53. The van der Waals surface area contributed by atoms with Gasteiger partial charge in [0.15, 0.2) is 0 Å². The van der Waals surface area contributed by atoms with Crippen LogP contribution in [0.2, 0.25) is 0 Å². The molecule has 1 aliphatic rings.